The topological polar surface area (TPSA) is 203 Å². The van der Waals surface area contributed by atoms with Crippen LogP contribution in [0.25, 0.3) is 0 Å². The van der Waals surface area contributed by atoms with Gasteiger partial charge >= 0.3 is 6.09 Å². The van der Waals surface area contributed by atoms with Gasteiger partial charge in [0.05, 0.1) is 9.85 Å². The molecule has 0 radical (unpaired) electrons. The summed E-state index contributed by atoms with van der Waals surface area (Å²) in [5.74, 6) is 0. The molecule has 19 heteroatoms. The van der Waals surface area contributed by atoms with Crippen molar-refractivity contribution in [1.29, 1.82) is 0 Å². The maximum Gasteiger partial charge on any atom is 0.410 e. The van der Waals surface area contributed by atoms with Crippen molar-refractivity contribution in [2.24, 2.45) is 0 Å². The number of halogens is 1. The fraction of sp³-hybridized carbons (Fsp3) is 0.552. The van der Waals surface area contributed by atoms with Crippen molar-refractivity contribution < 1.29 is 36.2 Å². The van der Waals surface area contributed by atoms with Gasteiger partial charge in [0, 0.05) is 56.9 Å². The lowest BCUT2D eigenvalue weighted by molar-refractivity contribution is -0.388. The van der Waals surface area contributed by atoms with Crippen LogP contribution in [-0.2, 0) is 24.8 Å². The minimum absolute atomic E-state index is 0. The molecule has 2 heterocycles. The fourth-order valence-electron chi connectivity index (χ4n) is 5.24. The van der Waals surface area contributed by atoms with E-state index in [9.17, 15) is 41.9 Å². The van der Waals surface area contributed by atoms with Gasteiger partial charge in [-0.25, -0.2) is 21.6 Å². The number of carbonyl (C=O) groups excluding carboxylic acids is 1. The molecular formula is C29H43ClN6O10S2. The number of hydrogen-bond donors (Lipinski definition) is 1. The number of sulfonamides is 2. The standard InChI is InChI=1S/C17H25N3O6S.C12H17N3O4S.ClH/c1-13-12-18(16(21)26-17(2,3)4)10-7-11-19(13)27(24,25)15-9-6-5-8-14(15)20(22)23;1-10-9-13-7-4-8-14(10)20(18,19)12-6-3-2-5-11(12)15(16)17;/h5-6,8-9,13H,7,10-12H2,1-4H3;2-3,5-6,10,13H,4,7-9H2,1H3;1H/t13-;10-;/m00./s1. The summed E-state index contributed by atoms with van der Waals surface area (Å²) in [6, 6.07) is 9.96. The predicted molar refractivity (Wildman–Crippen MR) is 180 cm³/mol. The van der Waals surface area contributed by atoms with Crippen LogP contribution in [0.3, 0.4) is 0 Å². The Bertz CT molecular complexity index is 1670. The van der Waals surface area contributed by atoms with Crippen LogP contribution >= 0.6 is 12.4 Å². The van der Waals surface area contributed by atoms with Crippen LogP contribution in [-0.4, -0.2) is 103 Å². The molecule has 2 aliphatic rings. The van der Waals surface area contributed by atoms with E-state index in [4.69, 9.17) is 4.74 Å². The summed E-state index contributed by atoms with van der Waals surface area (Å²) >= 11 is 0. The number of rotatable bonds is 6. The molecule has 2 aromatic rings. The van der Waals surface area contributed by atoms with Crippen molar-refractivity contribution in [2.45, 2.75) is 74.9 Å². The zero-order chi connectivity index (χ0) is 35.2. The average molecular weight is 735 g/mol. The molecule has 2 aromatic carbocycles. The van der Waals surface area contributed by atoms with Gasteiger partial charge in [-0.1, -0.05) is 24.3 Å². The summed E-state index contributed by atoms with van der Waals surface area (Å²) in [6.45, 7) is 11.1. The third-order valence-electron chi connectivity index (χ3n) is 7.40. The van der Waals surface area contributed by atoms with Crippen LogP contribution in [0.15, 0.2) is 58.3 Å². The Labute approximate surface area is 287 Å². The van der Waals surface area contributed by atoms with Gasteiger partial charge in [-0.2, -0.15) is 8.61 Å². The number of nitrogens with zero attached hydrogens (tertiary/aromatic N) is 5. The first-order valence-corrected chi connectivity index (χ1v) is 17.9. The quantitative estimate of drug-likeness (QED) is 0.332. The van der Waals surface area contributed by atoms with Crippen molar-refractivity contribution in [2.75, 3.05) is 39.3 Å². The van der Waals surface area contributed by atoms with Crippen molar-refractivity contribution >= 4 is 49.9 Å². The fourth-order valence-corrected chi connectivity index (χ4v) is 8.89. The highest BCUT2D eigenvalue weighted by atomic mass is 35.5. The van der Waals surface area contributed by atoms with Crippen molar-refractivity contribution in [1.82, 2.24) is 18.8 Å². The molecule has 0 aromatic heterocycles. The maximum absolute atomic E-state index is 13.1. The molecule has 2 saturated heterocycles. The zero-order valence-electron chi connectivity index (χ0n) is 27.5. The summed E-state index contributed by atoms with van der Waals surface area (Å²) in [4.78, 5) is 34.1. The van der Waals surface area contributed by atoms with E-state index in [1.807, 2.05) is 0 Å². The number of amides is 1. The minimum atomic E-state index is -4.08. The van der Waals surface area contributed by atoms with Gasteiger partial charge < -0.3 is 15.0 Å². The summed E-state index contributed by atoms with van der Waals surface area (Å²) in [7, 11) is -7.94. The van der Waals surface area contributed by atoms with Gasteiger partial charge in [0.2, 0.25) is 20.0 Å². The number of carbonyl (C=O) groups is 1. The molecule has 2 atom stereocenters. The third kappa shape index (κ3) is 10.1. The molecule has 1 N–H and O–H groups in total. The van der Waals surface area contributed by atoms with Crippen molar-refractivity contribution in [3.8, 4) is 0 Å². The second kappa shape index (κ2) is 16.8. The van der Waals surface area contributed by atoms with E-state index >= 15 is 0 Å². The molecule has 2 aliphatic heterocycles. The van der Waals surface area contributed by atoms with Crippen LogP contribution in [0.5, 0.6) is 0 Å². The summed E-state index contributed by atoms with van der Waals surface area (Å²) in [5, 5.41) is 25.4. The first kappa shape index (κ1) is 40.8. The van der Waals surface area contributed by atoms with Crippen LogP contribution in [0.4, 0.5) is 16.2 Å². The van der Waals surface area contributed by atoms with Crippen molar-refractivity contribution in [3.05, 3.63) is 68.8 Å². The second-order valence-electron chi connectivity index (χ2n) is 12.2. The molecule has 16 nitrogen and oxygen atoms in total. The highest BCUT2D eigenvalue weighted by Crippen LogP contribution is 2.30. The Morgan fingerprint density at radius 2 is 1.27 bits per heavy atom. The molecular weight excluding hydrogens is 692 g/mol. The smallest absolute Gasteiger partial charge is 0.410 e. The van der Waals surface area contributed by atoms with Crippen LogP contribution in [0, 0.1) is 20.2 Å². The SMILES string of the molecule is C[C@H]1CN(C(=O)OC(C)(C)C)CCCN1S(=O)(=O)c1ccccc1[N+](=O)[O-].C[C@H]1CNCCCN1S(=O)(=O)c1ccccc1[N+](=O)[O-].Cl. The van der Waals surface area contributed by atoms with Gasteiger partial charge in [-0.3, -0.25) is 20.2 Å². The van der Waals surface area contributed by atoms with E-state index in [0.29, 0.717) is 32.5 Å². The molecule has 268 valence electrons. The molecule has 48 heavy (non-hydrogen) atoms. The Morgan fingerprint density at radius 3 is 1.75 bits per heavy atom. The Morgan fingerprint density at radius 1 is 0.812 bits per heavy atom. The lowest BCUT2D eigenvalue weighted by Crippen LogP contribution is -2.45. The van der Waals surface area contributed by atoms with Gasteiger partial charge in [0.1, 0.15) is 5.60 Å². The average Bonchev–Trinajstić information content (AvgIpc) is 3.34. The van der Waals surface area contributed by atoms with E-state index < -0.39 is 53.3 Å². The van der Waals surface area contributed by atoms with E-state index in [1.165, 1.54) is 62.0 Å². The number of ether oxygens (including phenoxy) is 1. The van der Waals surface area contributed by atoms with Gasteiger partial charge in [-0.15, -0.1) is 12.4 Å². The molecule has 0 spiro atoms. The maximum atomic E-state index is 13.1. The third-order valence-corrected chi connectivity index (χ3v) is 11.5. The van der Waals surface area contributed by atoms with Gasteiger partial charge in [0.25, 0.3) is 11.4 Å². The van der Waals surface area contributed by atoms with E-state index in [0.717, 1.165) is 6.54 Å². The van der Waals surface area contributed by atoms with Crippen LogP contribution in [0.2, 0.25) is 0 Å². The normalized spacial score (nSPS) is 19.8. The van der Waals surface area contributed by atoms with Crippen LogP contribution < -0.4 is 5.32 Å². The molecule has 4 rings (SSSR count). The second-order valence-corrected chi connectivity index (χ2v) is 15.9. The highest BCUT2D eigenvalue weighted by Gasteiger charge is 2.38. The molecule has 2 fully saturated rings. The minimum Gasteiger partial charge on any atom is -0.444 e. The molecule has 0 bridgehead atoms. The lowest BCUT2D eigenvalue weighted by Gasteiger charge is -2.29. The molecule has 0 aliphatic carbocycles. The zero-order valence-corrected chi connectivity index (χ0v) is 29.9. The van der Waals surface area contributed by atoms with Crippen molar-refractivity contribution in [3.63, 3.8) is 0 Å². The largest absolute Gasteiger partial charge is 0.444 e. The van der Waals surface area contributed by atoms with Crippen LogP contribution in [0.1, 0.15) is 47.5 Å². The first-order chi connectivity index (χ1) is 21.9. The molecule has 1 amide bonds. The number of nitro groups is 2. The van der Waals surface area contributed by atoms with E-state index in [-0.39, 0.29) is 47.0 Å². The Kier molecular flexibility index (Phi) is 14.3. The Balaban J connectivity index is 0.000000340. The number of hydrogen-bond acceptors (Lipinski definition) is 11. The number of benzene rings is 2. The summed E-state index contributed by atoms with van der Waals surface area (Å²) in [6.07, 6.45) is 0.590. The van der Waals surface area contributed by atoms with E-state index in [2.05, 4.69) is 5.32 Å². The Hall–Kier alpha value is -3.42. The summed E-state index contributed by atoms with van der Waals surface area (Å²) in [5.41, 5.74) is -1.49. The number of para-hydroxylation sites is 2. The highest BCUT2D eigenvalue weighted by molar-refractivity contribution is 7.89. The first-order valence-electron chi connectivity index (χ1n) is 15.1. The predicted octanol–water partition coefficient (Wildman–Crippen LogP) is 4.00. The number of nitrogens with one attached hydrogen (secondary N) is 1. The summed E-state index contributed by atoms with van der Waals surface area (Å²) < 4.78 is 59.4. The molecule has 0 saturated carbocycles. The van der Waals surface area contributed by atoms with Gasteiger partial charge in [0.15, 0.2) is 9.79 Å². The number of nitro benzene ring substituents is 2. The van der Waals surface area contributed by atoms with E-state index in [1.54, 1.807) is 34.6 Å². The van der Waals surface area contributed by atoms with Gasteiger partial charge in [-0.05, 0) is 66.1 Å². The molecule has 0 unspecified atom stereocenters. The monoisotopic (exact) mass is 734 g/mol. The lowest BCUT2D eigenvalue weighted by atomic mass is 10.2.